The fraction of sp³-hybridized carbons (Fsp3) is 0.500. The van der Waals surface area contributed by atoms with Crippen molar-refractivity contribution in [2.45, 2.75) is 52.7 Å². The minimum atomic E-state index is 0.0650. The first-order chi connectivity index (χ1) is 8.36. The van der Waals surface area contributed by atoms with E-state index < -0.39 is 0 Å². The van der Waals surface area contributed by atoms with E-state index in [0.29, 0.717) is 12.6 Å². The number of nitrogens with zero attached hydrogens (tertiary/aromatic N) is 1. The van der Waals surface area contributed by atoms with Gasteiger partial charge in [-0.3, -0.25) is 0 Å². The quantitative estimate of drug-likeness (QED) is 0.862. The number of rotatable bonds is 2. The predicted octanol–water partition coefficient (Wildman–Crippen LogP) is 3.56. The number of allylic oxidation sites excluding steroid dienone is 1. The Hall–Kier alpha value is -1.28. The molecule has 2 nitrogen and oxygen atoms in total. The third-order valence-electron chi connectivity index (χ3n) is 3.69. The molecule has 0 amide bonds. The lowest BCUT2D eigenvalue weighted by atomic mass is 9.87. The number of benzene rings is 1. The second-order valence-electron chi connectivity index (χ2n) is 6.00. The maximum absolute atomic E-state index is 5.74. The van der Waals surface area contributed by atoms with Gasteiger partial charge in [0.1, 0.15) is 0 Å². The van der Waals surface area contributed by atoms with E-state index in [-0.39, 0.29) is 5.54 Å². The maximum Gasteiger partial charge on any atom is 0.0537 e. The highest BCUT2D eigenvalue weighted by Crippen LogP contribution is 2.40. The van der Waals surface area contributed by atoms with Crippen LogP contribution >= 0.6 is 0 Å². The summed E-state index contributed by atoms with van der Waals surface area (Å²) < 4.78 is 0. The van der Waals surface area contributed by atoms with Gasteiger partial charge in [-0.1, -0.05) is 12.1 Å². The molecule has 0 unspecified atom stereocenters. The highest BCUT2D eigenvalue weighted by Gasteiger charge is 2.32. The van der Waals surface area contributed by atoms with Crippen LogP contribution in [-0.2, 0) is 6.54 Å². The minimum Gasteiger partial charge on any atom is -0.360 e. The van der Waals surface area contributed by atoms with E-state index in [0.717, 1.165) is 0 Å². The first-order valence-corrected chi connectivity index (χ1v) is 6.69. The Bertz CT molecular complexity index is 484. The molecule has 0 fully saturated rings. The van der Waals surface area contributed by atoms with Gasteiger partial charge >= 0.3 is 0 Å². The van der Waals surface area contributed by atoms with Crippen molar-refractivity contribution in [2.24, 2.45) is 5.73 Å². The minimum absolute atomic E-state index is 0.0650. The van der Waals surface area contributed by atoms with Gasteiger partial charge in [0.05, 0.1) is 5.54 Å². The van der Waals surface area contributed by atoms with Gasteiger partial charge in [0.15, 0.2) is 0 Å². The molecule has 1 aromatic carbocycles. The Labute approximate surface area is 110 Å². The molecule has 1 aliphatic heterocycles. The van der Waals surface area contributed by atoms with Crippen LogP contribution in [0.4, 0.5) is 5.69 Å². The second-order valence-corrected chi connectivity index (χ2v) is 6.00. The molecule has 0 saturated heterocycles. The summed E-state index contributed by atoms with van der Waals surface area (Å²) in [7, 11) is 0. The Morgan fingerprint density at radius 1 is 1.28 bits per heavy atom. The van der Waals surface area contributed by atoms with Crippen LogP contribution in [0.2, 0.25) is 0 Å². The molecule has 2 rings (SSSR count). The Balaban J connectivity index is 2.62. The zero-order valence-corrected chi connectivity index (χ0v) is 12.1. The van der Waals surface area contributed by atoms with E-state index in [1.54, 1.807) is 0 Å². The van der Waals surface area contributed by atoms with Gasteiger partial charge in [0.25, 0.3) is 0 Å². The average molecular weight is 244 g/mol. The van der Waals surface area contributed by atoms with Crippen LogP contribution in [0.1, 0.15) is 45.7 Å². The SMILES string of the molecule is CC1=CC(C)(C)N(C(C)C)c2ccc(CN)cc21. The maximum atomic E-state index is 5.74. The van der Waals surface area contributed by atoms with Gasteiger partial charge in [0.2, 0.25) is 0 Å². The van der Waals surface area contributed by atoms with E-state index >= 15 is 0 Å². The summed E-state index contributed by atoms with van der Waals surface area (Å²) in [5, 5.41) is 0. The van der Waals surface area contributed by atoms with Crippen LogP contribution in [-0.4, -0.2) is 11.6 Å². The van der Waals surface area contributed by atoms with Crippen molar-refractivity contribution >= 4 is 11.3 Å². The zero-order valence-electron chi connectivity index (χ0n) is 12.1. The summed E-state index contributed by atoms with van der Waals surface area (Å²) in [6.45, 7) is 11.8. The van der Waals surface area contributed by atoms with Gasteiger partial charge in [0, 0.05) is 23.8 Å². The zero-order chi connectivity index (χ0) is 13.5. The fourth-order valence-electron chi connectivity index (χ4n) is 3.17. The van der Waals surface area contributed by atoms with E-state index in [4.69, 9.17) is 5.73 Å². The molecule has 2 heteroatoms. The molecule has 18 heavy (non-hydrogen) atoms. The molecule has 98 valence electrons. The van der Waals surface area contributed by atoms with Crippen molar-refractivity contribution in [3.8, 4) is 0 Å². The van der Waals surface area contributed by atoms with E-state index in [9.17, 15) is 0 Å². The molecular formula is C16H24N2. The predicted molar refractivity (Wildman–Crippen MR) is 79.7 cm³/mol. The van der Waals surface area contributed by atoms with Gasteiger partial charge < -0.3 is 10.6 Å². The largest absolute Gasteiger partial charge is 0.360 e. The molecule has 1 aromatic rings. The number of nitrogens with two attached hydrogens (primary N) is 1. The Kier molecular flexibility index (Phi) is 3.24. The Morgan fingerprint density at radius 2 is 1.94 bits per heavy atom. The first kappa shape index (κ1) is 13.2. The first-order valence-electron chi connectivity index (χ1n) is 6.69. The summed E-state index contributed by atoms with van der Waals surface area (Å²) in [6, 6.07) is 7.07. The highest BCUT2D eigenvalue weighted by molar-refractivity contribution is 5.81. The molecule has 2 N–H and O–H groups in total. The van der Waals surface area contributed by atoms with Crippen LogP contribution in [0.3, 0.4) is 0 Å². The molecule has 0 bridgehead atoms. The monoisotopic (exact) mass is 244 g/mol. The lowest BCUT2D eigenvalue weighted by Gasteiger charge is -2.46. The van der Waals surface area contributed by atoms with E-state index in [1.807, 2.05) is 0 Å². The van der Waals surface area contributed by atoms with Crippen molar-refractivity contribution in [2.75, 3.05) is 4.90 Å². The van der Waals surface area contributed by atoms with Crippen LogP contribution < -0.4 is 10.6 Å². The van der Waals surface area contributed by atoms with Crippen LogP contribution in [0, 0.1) is 0 Å². The highest BCUT2D eigenvalue weighted by atomic mass is 15.2. The van der Waals surface area contributed by atoms with Crippen molar-refractivity contribution in [1.29, 1.82) is 0 Å². The molecule has 1 heterocycles. The lowest BCUT2D eigenvalue weighted by Crippen LogP contribution is -2.49. The average Bonchev–Trinajstić information content (AvgIpc) is 2.26. The van der Waals surface area contributed by atoms with Gasteiger partial charge in [-0.25, -0.2) is 0 Å². The number of hydrogen-bond donors (Lipinski definition) is 1. The summed E-state index contributed by atoms with van der Waals surface area (Å²) >= 11 is 0. The molecule has 1 aliphatic rings. The smallest absolute Gasteiger partial charge is 0.0537 e. The van der Waals surface area contributed by atoms with Crippen LogP contribution in [0.15, 0.2) is 24.3 Å². The van der Waals surface area contributed by atoms with Gasteiger partial charge in [-0.2, -0.15) is 0 Å². The summed E-state index contributed by atoms with van der Waals surface area (Å²) in [5.74, 6) is 0. The lowest BCUT2D eigenvalue weighted by molar-refractivity contribution is 0.507. The van der Waals surface area contributed by atoms with Crippen molar-refractivity contribution < 1.29 is 0 Å². The molecule has 0 aliphatic carbocycles. The standard InChI is InChI=1S/C16H24N2/c1-11(2)18-15-7-6-13(10-17)8-14(15)12(3)9-16(18,4)5/h6-9,11H,10,17H2,1-5H3. The Morgan fingerprint density at radius 3 is 2.50 bits per heavy atom. The van der Waals surface area contributed by atoms with Crippen molar-refractivity contribution in [3.63, 3.8) is 0 Å². The molecule has 0 saturated carbocycles. The van der Waals surface area contributed by atoms with Gasteiger partial charge in [-0.15, -0.1) is 0 Å². The van der Waals surface area contributed by atoms with Crippen molar-refractivity contribution in [1.82, 2.24) is 0 Å². The van der Waals surface area contributed by atoms with Gasteiger partial charge in [-0.05, 0) is 57.9 Å². The van der Waals surface area contributed by atoms with Crippen molar-refractivity contribution in [3.05, 3.63) is 35.4 Å². The summed E-state index contributed by atoms with van der Waals surface area (Å²) in [4.78, 5) is 2.48. The van der Waals surface area contributed by atoms with Crippen LogP contribution in [0.25, 0.3) is 5.57 Å². The molecular weight excluding hydrogens is 220 g/mol. The number of hydrogen-bond acceptors (Lipinski definition) is 2. The molecule has 0 spiro atoms. The molecule has 0 aromatic heterocycles. The number of anilines is 1. The fourth-order valence-corrected chi connectivity index (χ4v) is 3.17. The molecule has 0 atom stereocenters. The van der Waals surface area contributed by atoms with Crippen LogP contribution in [0.5, 0.6) is 0 Å². The van der Waals surface area contributed by atoms with E-state index in [1.165, 1.54) is 22.4 Å². The second kappa shape index (κ2) is 4.43. The topological polar surface area (TPSA) is 29.3 Å². The number of fused-ring (bicyclic) bond motifs is 1. The van der Waals surface area contributed by atoms with E-state index in [2.05, 4.69) is 63.8 Å². The third-order valence-corrected chi connectivity index (χ3v) is 3.69. The normalized spacial score (nSPS) is 17.7. The summed E-state index contributed by atoms with van der Waals surface area (Å²) in [5.41, 5.74) is 11.0. The third kappa shape index (κ3) is 2.05. The summed E-state index contributed by atoms with van der Waals surface area (Å²) in [6.07, 6.45) is 2.36. The molecule has 0 radical (unpaired) electrons.